The van der Waals surface area contributed by atoms with E-state index in [9.17, 15) is 4.79 Å². The van der Waals surface area contributed by atoms with Gasteiger partial charge in [-0.05, 0) is 53.8 Å². The molecule has 112 valence electrons. The number of fused-ring (bicyclic) bond motifs is 1. The lowest BCUT2D eigenvalue weighted by molar-refractivity contribution is 0.0983. The summed E-state index contributed by atoms with van der Waals surface area (Å²) in [6, 6.07) is 13.1. The van der Waals surface area contributed by atoms with Crippen molar-refractivity contribution < 1.29 is 9.53 Å². The first kappa shape index (κ1) is 15.1. The van der Waals surface area contributed by atoms with Gasteiger partial charge in [-0.15, -0.1) is 11.3 Å². The SMILES string of the molecule is COc1cccc2scc(CCC(=O)c3ccc(Cl)cc3)c12. The summed E-state index contributed by atoms with van der Waals surface area (Å²) in [5.74, 6) is 0.999. The molecule has 0 spiro atoms. The number of ether oxygens (including phenoxy) is 1. The van der Waals surface area contributed by atoms with Crippen molar-refractivity contribution in [2.45, 2.75) is 12.8 Å². The molecule has 0 saturated heterocycles. The average molecular weight is 331 g/mol. The fourth-order valence-electron chi connectivity index (χ4n) is 2.50. The third-order valence-electron chi connectivity index (χ3n) is 3.64. The Bertz CT molecular complexity index is 806. The Morgan fingerprint density at radius 2 is 1.95 bits per heavy atom. The molecule has 2 nitrogen and oxygen atoms in total. The standard InChI is InChI=1S/C18H15ClO2S/c1-21-16-3-2-4-17-18(16)13(11-22-17)7-10-15(20)12-5-8-14(19)9-6-12/h2-6,8-9,11H,7,10H2,1H3. The fraction of sp³-hybridized carbons (Fsp3) is 0.167. The second kappa shape index (κ2) is 6.51. The molecule has 0 aliphatic rings. The molecular formula is C18H15ClO2S. The van der Waals surface area contributed by atoms with Crippen LogP contribution in [0.3, 0.4) is 0 Å². The molecule has 0 unspecified atom stereocenters. The first-order chi connectivity index (χ1) is 10.7. The summed E-state index contributed by atoms with van der Waals surface area (Å²) in [6.07, 6.45) is 1.19. The van der Waals surface area contributed by atoms with E-state index in [2.05, 4.69) is 11.4 Å². The molecule has 0 aliphatic carbocycles. The molecule has 0 radical (unpaired) electrons. The number of carbonyl (C=O) groups excluding carboxylic acids is 1. The number of halogens is 1. The predicted molar refractivity (Wildman–Crippen MR) is 92.5 cm³/mol. The third-order valence-corrected chi connectivity index (χ3v) is 4.89. The Hall–Kier alpha value is -1.84. The topological polar surface area (TPSA) is 26.3 Å². The van der Waals surface area contributed by atoms with Gasteiger partial charge in [0.2, 0.25) is 0 Å². The maximum absolute atomic E-state index is 12.3. The first-order valence-electron chi connectivity index (χ1n) is 7.01. The molecule has 22 heavy (non-hydrogen) atoms. The van der Waals surface area contributed by atoms with Crippen molar-refractivity contribution in [3.63, 3.8) is 0 Å². The average Bonchev–Trinajstić information content (AvgIpc) is 2.96. The van der Waals surface area contributed by atoms with Crippen LogP contribution in [-0.4, -0.2) is 12.9 Å². The van der Waals surface area contributed by atoms with Gasteiger partial charge in [0.1, 0.15) is 5.75 Å². The van der Waals surface area contributed by atoms with Gasteiger partial charge in [0.25, 0.3) is 0 Å². The van der Waals surface area contributed by atoms with Crippen molar-refractivity contribution in [3.05, 3.63) is 64.0 Å². The summed E-state index contributed by atoms with van der Waals surface area (Å²) < 4.78 is 6.63. The summed E-state index contributed by atoms with van der Waals surface area (Å²) in [5, 5.41) is 3.88. The molecule has 0 N–H and O–H groups in total. The number of aryl methyl sites for hydroxylation is 1. The maximum atomic E-state index is 12.3. The molecule has 4 heteroatoms. The van der Waals surface area contributed by atoms with E-state index in [4.69, 9.17) is 16.3 Å². The molecule has 0 bridgehead atoms. The Morgan fingerprint density at radius 1 is 1.18 bits per heavy atom. The van der Waals surface area contributed by atoms with Gasteiger partial charge >= 0.3 is 0 Å². The van der Waals surface area contributed by atoms with Crippen LogP contribution in [0, 0.1) is 0 Å². The molecule has 0 atom stereocenters. The summed E-state index contributed by atoms with van der Waals surface area (Å²) in [7, 11) is 1.68. The molecule has 3 aromatic rings. The number of hydrogen-bond acceptors (Lipinski definition) is 3. The zero-order valence-electron chi connectivity index (χ0n) is 12.1. The van der Waals surface area contributed by atoms with E-state index < -0.39 is 0 Å². The number of thiophene rings is 1. The molecule has 0 saturated carbocycles. The minimum Gasteiger partial charge on any atom is -0.496 e. The Balaban J connectivity index is 1.79. The van der Waals surface area contributed by atoms with Crippen molar-refractivity contribution in [1.29, 1.82) is 0 Å². The number of hydrogen-bond donors (Lipinski definition) is 0. The van der Waals surface area contributed by atoms with Gasteiger partial charge < -0.3 is 4.74 Å². The zero-order valence-corrected chi connectivity index (χ0v) is 13.7. The first-order valence-corrected chi connectivity index (χ1v) is 8.26. The van der Waals surface area contributed by atoms with Crippen LogP contribution in [0.4, 0.5) is 0 Å². The maximum Gasteiger partial charge on any atom is 0.163 e. The number of benzene rings is 2. The smallest absolute Gasteiger partial charge is 0.163 e. The largest absolute Gasteiger partial charge is 0.496 e. The summed E-state index contributed by atoms with van der Waals surface area (Å²) in [4.78, 5) is 12.3. The number of rotatable bonds is 5. The normalized spacial score (nSPS) is 10.8. The van der Waals surface area contributed by atoms with E-state index >= 15 is 0 Å². The van der Waals surface area contributed by atoms with E-state index in [0.717, 1.165) is 11.1 Å². The highest BCUT2D eigenvalue weighted by Gasteiger charge is 2.12. The molecular weight excluding hydrogens is 316 g/mol. The Morgan fingerprint density at radius 3 is 2.68 bits per heavy atom. The second-order valence-electron chi connectivity index (χ2n) is 5.02. The van der Waals surface area contributed by atoms with E-state index in [1.807, 2.05) is 12.1 Å². The molecule has 1 aromatic heterocycles. The van der Waals surface area contributed by atoms with Crippen molar-refractivity contribution >= 4 is 38.8 Å². The van der Waals surface area contributed by atoms with Gasteiger partial charge in [-0.2, -0.15) is 0 Å². The minimum atomic E-state index is 0.130. The van der Waals surface area contributed by atoms with Gasteiger partial charge in [-0.1, -0.05) is 17.7 Å². The van der Waals surface area contributed by atoms with Crippen molar-refractivity contribution in [2.75, 3.05) is 7.11 Å². The van der Waals surface area contributed by atoms with Gasteiger partial charge in [-0.25, -0.2) is 0 Å². The zero-order chi connectivity index (χ0) is 15.5. The van der Waals surface area contributed by atoms with Crippen LogP contribution >= 0.6 is 22.9 Å². The van der Waals surface area contributed by atoms with Gasteiger partial charge in [0.05, 0.1) is 7.11 Å². The lowest BCUT2D eigenvalue weighted by Crippen LogP contribution is -2.00. The van der Waals surface area contributed by atoms with Crippen molar-refractivity contribution in [3.8, 4) is 5.75 Å². The van der Waals surface area contributed by atoms with Gasteiger partial charge in [0.15, 0.2) is 5.78 Å². The highest BCUT2D eigenvalue weighted by atomic mass is 35.5. The predicted octanol–water partition coefficient (Wildman–Crippen LogP) is 5.38. The monoisotopic (exact) mass is 330 g/mol. The quantitative estimate of drug-likeness (QED) is 0.587. The summed E-state index contributed by atoms with van der Waals surface area (Å²) in [5.41, 5.74) is 1.87. The molecule has 0 aliphatic heterocycles. The summed E-state index contributed by atoms with van der Waals surface area (Å²) >= 11 is 7.53. The molecule has 0 fully saturated rings. The highest BCUT2D eigenvalue weighted by Crippen LogP contribution is 2.34. The number of ketones is 1. The Kier molecular flexibility index (Phi) is 4.46. The highest BCUT2D eigenvalue weighted by molar-refractivity contribution is 7.17. The molecule has 0 amide bonds. The molecule has 2 aromatic carbocycles. The van der Waals surface area contributed by atoms with Crippen LogP contribution in [0.25, 0.3) is 10.1 Å². The lowest BCUT2D eigenvalue weighted by Gasteiger charge is -2.05. The molecule has 3 rings (SSSR count). The second-order valence-corrected chi connectivity index (χ2v) is 6.37. The fourth-order valence-corrected chi connectivity index (χ4v) is 3.64. The number of Topliss-reactive ketones (excluding diaryl/α,β-unsaturated/α-hetero) is 1. The van der Waals surface area contributed by atoms with E-state index in [1.165, 1.54) is 10.3 Å². The number of carbonyl (C=O) groups is 1. The van der Waals surface area contributed by atoms with Crippen LogP contribution in [0.5, 0.6) is 5.75 Å². The van der Waals surface area contributed by atoms with Crippen LogP contribution in [0.1, 0.15) is 22.3 Å². The Labute approximate surface area is 138 Å². The number of methoxy groups -OCH3 is 1. The van der Waals surface area contributed by atoms with Crippen LogP contribution in [0.15, 0.2) is 47.8 Å². The lowest BCUT2D eigenvalue weighted by atomic mass is 10.0. The van der Waals surface area contributed by atoms with E-state index in [-0.39, 0.29) is 5.78 Å². The van der Waals surface area contributed by atoms with Crippen LogP contribution < -0.4 is 4.74 Å². The van der Waals surface area contributed by atoms with E-state index in [0.29, 0.717) is 23.4 Å². The van der Waals surface area contributed by atoms with Gasteiger partial charge in [-0.3, -0.25) is 4.79 Å². The van der Waals surface area contributed by atoms with Crippen LogP contribution in [-0.2, 0) is 6.42 Å². The third kappa shape index (κ3) is 3.01. The van der Waals surface area contributed by atoms with E-state index in [1.54, 1.807) is 42.7 Å². The van der Waals surface area contributed by atoms with Crippen molar-refractivity contribution in [2.24, 2.45) is 0 Å². The summed E-state index contributed by atoms with van der Waals surface area (Å²) in [6.45, 7) is 0. The molecule has 1 heterocycles. The van der Waals surface area contributed by atoms with Crippen molar-refractivity contribution in [1.82, 2.24) is 0 Å². The van der Waals surface area contributed by atoms with Gasteiger partial charge in [0, 0.05) is 27.1 Å². The minimum absolute atomic E-state index is 0.130. The van der Waals surface area contributed by atoms with Crippen LogP contribution in [0.2, 0.25) is 5.02 Å².